The highest BCUT2D eigenvalue weighted by Crippen LogP contribution is 2.34. The number of ether oxygens (including phenoxy) is 1. The van der Waals surface area contributed by atoms with Gasteiger partial charge in [0.25, 0.3) is 0 Å². The lowest BCUT2D eigenvalue weighted by Gasteiger charge is -2.31. The lowest BCUT2D eigenvalue weighted by atomic mass is 9.92. The fourth-order valence-corrected chi connectivity index (χ4v) is 3.87. The highest BCUT2D eigenvalue weighted by molar-refractivity contribution is 7.10. The molecule has 0 spiro atoms. The summed E-state index contributed by atoms with van der Waals surface area (Å²) in [5.41, 5.74) is 1.49. The number of thiophene rings is 1. The van der Waals surface area contributed by atoms with Gasteiger partial charge in [0.05, 0.1) is 5.60 Å². The summed E-state index contributed by atoms with van der Waals surface area (Å²) in [7, 11) is 1.80. The van der Waals surface area contributed by atoms with Crippen molar-refractivity contribution in [2.45, 2.75) is 64.1 Å². The second kappa shape index (κ2) is 5.72. The van der Waals surface area contributed by atoms with Crippen molar-refractivity contribution in [3.63, 3.8) is 0 Å². The molecular formula is C15H25NOS. The second-order valence-electron chi connectivity index (χ2n) is 5.98. The summed E-state index contributed by atoms with van der Waals surface area (Å²) < 4.78 is 5.51. The standard InChI is InChI=1S/C15H25NOS/c1-11(10-15(2,3)17-4)16-13-6-5-7-14-12(13)8-9-18-14/h8-9,11,13,16H,5-7,10H2,1-4H3. The van der Waals surface area contributed by atoms with E-state index in [0.717, 1.165) is 6.42 Å². The van der Waals surface area contributed by atoms with E-state index in [2.05, 4.69) is 37.5 Å². The van der Waals surface area contributed by atoms with E-state index in [9.17, 15) is 0 Å². The van der Waals surface area contributed by atoms with Crippen molar-refractivity contribution in [2.24, 2.45) is 0 Å². The molecule has 0 radical (unpaired) electrons. The van der Waals surface area contributed by atoms with Gasteiger partial charge in [0.15, 0.2) is 0 Å². The van der Waals surface area contributed by atoms with Gasteiger partial charge in [-0.15, -0.1) is 11.3 Å². The maximum Gasteiger partial charge on any atom is 0.0637 e. The predicted molar refractivity (Wildman–Crippen MR) is 78.3 cm³/mol. The zero-order chi connectivity index (χ0) is 13.2. The fraction of sp³-hybridized carbons (Fsp3) is 0.733. The first-order valence-corrected chi connectivity index (χ1v) is 7.77. The molecule has 0 amide bonds. The Balaban J connectivity index is 1.95. The molecule has 2 nitrogen and oxygen atoms in total. The summed E-state index contributed by atoms with van der Waals surface area (Å²) in [6, 6.07) is 3.32. The Bertz CT molecular complexity index is 386. The van der Waals surface area contributed by atoms with Crippen LogP contribution in [0.3, 0.4) is 0 Å². The Morgan fingerprint density at radius 2 is 2.33 bits per heavy atom. The van der Waals surface area contributed by atoms with E-state index in [-0.39, 0.29) is 5.60 Å². The van der Waals surface area contributed by atoms with Crippen molar-refractivity contribution >= 4 is 11.3 Å². The number of hydrogen-bond donors (Lipinski definition) is 1. The molecule has 1 heterocycles. The number of rotatable bonds is 5. The maximum absolute atomic E-state index is 5.51. The van der Waals surface area contributed by atoms with E-state index < -0.39 is 0 Å². The van der Waals surface area contributed by atoms with E-state index in [0.29, 0.717) is 12.1 Å². The molecule has 0 saturated carbocycles. The summed E-state index contributed by atoms with van der Waals surface area (Å²) in [6.45, 7) is 6.57. The molecular weight excluding hydrogens is 242 g/mol. The number of fused-ring (bicyclic) bond motifs is 1. The molecule has 2 atom stereocenters. The molecule has 1 aromatic heterocycles. The Morgan fingerprint density at radius 3 is 3.06 bits per heavy atom. The summed E-state index contributed by atoms with van der Waals surface area (Å²) in [4.78, 5) is 1.58. The second-order valence-corrected chi connectivity index (χ2v) is 6.98. The Labute approximate surface area is 115 Å². The first kappa shape index (κ1) is 14.0. The number of aryl methyl sites for hydroxylation is 1. The van der Waals surface area contributed by atoms with Crippen LogP contribution in [0, 0.1) is 0 Å². The zero-order valence-corrected chi connectivity index (χ0v) is 12.8. The van der Waals surface area contributed by atoms with Crippen LogP contribution in [-0.2, 0) is 11.2 Å². The van der Waals surface area contributed by atoms with Gasteiger partial charge in [0.2, 0.25) is 0 Å². The van der Waals surface area contributed by atoms with Crippen LogP contribution in [-0.4, -0.2) is 18.8 Å². The largest absolute Gasteiger partial charge is 0.379 e. The van der Waals surface area contributed by atoms with Crippen LogP contribution in [0.4, 0.5) is 0 Å². The smallest absolute Gasteiger partial charge is 0.0637 e. The van der Waals surface area contributed by atoms with E-state index in [1.165, 1.54) is 24.8 Å². The van der Waals surface area contributed by atoms with Gasteiger partial charge in [0, 0.05) is 24.1 Å². The van der Waals surface area contributed by atoms with Gasteiger partial charge in [-0.1, -0.05) is 0 Å². The van der Waals surface area contributed by atoms with Crippen LogP contribution < -0.4 is 5.32 Å². The molecule has 1 N–H and O–H groups in total. The SMILES string of the molecule is COC(C)(C)CC(C)NC1CCCc2sccc21. The molecule has 1 aromatic rings. The topological polar surface area (TPSA) is 21.3 Å². The lowest BCUT2D eigenvalue weighted by Crippen LogP contribution is -2.38. The quantitative estimate of drug-likeness (QED) is 0.873. The summed E-state index contributed by atoms with van der Waals surface area (Å²) in [5.74, 6) is 0. The minimum absolute atomic E-state index is 0.0431. The molecule has 1 aliphatic rings. The zero-order valence-electron chi connectivity index (χ0n) is 12.0. The van der Waals surface area contributed by atoms with Gasteiger partial charge in [-0.2, -0.15) is 0 Å². The molecule has 2 rings (SSSR count). The summed E-state index contributed by atoms with van der Waals surface area (Å²) in [5, 5.41) is 6.01. The van der Waals surface area contributed by atoms with Crippen molar-refractivity contribution in [3.8, 4) is 0 Å². The fourth-order valence-electron chi connectivity index (χ4n) is 2.88. The van der Waals surface area contributed by atoms with Crippen LogP contribution in [0.15, 0.2) is 11.4 Å². The number of nitrogens with one attached hydrogen (secondary N) is 1. The molecule has 2 unspecified atom stereocenters. The van der Waals surface area contributed by atoms with Gasteiger partial charge in [-0.05, 0) is 63.5 Å². The predicted octanol–water partition coefficient (Wildman–Crippen LogP) is 3.92. The van der Waals surface area contributed by atoms with Crippen molar-refractivity contribution < 1.29 is 4.74 Å². The van der Waals surface area contributed by atoms with Gasteiger partial charge >= 0.3 is 0 Å². The normalized spacial score (nSPS) is 21.7. The Kier molecular flexibility index (Phi) is 4.46. The van der Waals surface area contributed by atoms with Gasteiger partial charge < -0.3 is 10.1 Å². The van der Waals surface area contributed by atoms with E-state index in [1.807, 2.05) is 11.3 Å². The van der Waals surface area contributed by atoms with Gasteiger partial charge in [-0.3, -0.25) is 0 Å². The van der Waals surface area contributed by atoms with Crippen molar-refractivity contribution in [2.75, 3.05) is 7.11 Å². The third-order valence-corrected chi connectivity index (χ3v) is 4.88. The third-order valence-electron chi connectivity index (χ3n) is 3.89. The summed E-state index contributed by atoms with van der Waals surface area (Å²) in [6.07, 6.45) is 4.88. The van der Waals surface area contributed by atoms with Crippen molar-refractivity contribution in [1.29, 1.82) is 0 Å². The first-order valence-electron chi connectivity index (χ1n) is 6.89. The average molecular weight is 267 g/mol. The average Bonchev–Trinajstić information content (AvgIpc) is 2.77. The highest BCUT2D eigenvalue weighted by atomic mass is 32.1. The van der Waals surface area contributed by atoms with Crippen molar-refractivity contribution in [3.05, 3.63) is 21.9 Å². The molecule has 102 valence electrons. The minimum Gasteiger partial charge on any atom is -0.379 e. The minimum atomic E-state index is -0.0431. The van der Waals surface area contributed by atoms with Crippen molar-refractivity contribution in [1.82, 2.24) is 5.32 Å². The molecule has 0 fully saturated rings. The van der Waals surface area contributed by atoms with Crippen LogP contribution in [0.1, 0.15) is 56.5 Å². The number of methoxy groups -OCH3 is 1. The molecule has 1 aliphatic carbocycles. The third kappa shape index (κ3) is 3.34. The Morgan fingerprint density at radius 1 is 1.56 bits per heavy atom. The van der Waals surface area contributed by atoms with Crippen LogP contribution in [0.2, 0.25) is 0 Å². The maximum atomic E-state index is 5.51. The first-order chi connectivity index (χ1) is 8.52. The van der Waals surface area contributed by atoms with E-state index in [4.69, 9.17) is 4.74 Å². The van der Waals surface area contributed by atoms with E-state index in [1.54, 1.807) is 12.0 Å². The Hall–Kier alpha value is -0.380. The van der Waals surface area contributed by atoms with Crippen LogP contribution in [0.25, 0.3) is 0 Å². The molecule has 18 heavy (non-hydrogen) atoms. The molecule has 0 bridgehead atoms. The van der Waals surface area contributed by atoms with E-state index >= 15 is 0 Å². The van der Waals surface area contributed by atoms with Gasteiger partial charge in [-0.25, -0.2) is 0 Å². The molecule has 0 aromatic carbocycles. The van der Waals surface area contributed by atoms with Gasteiger partial charge in [0.1, 0.15) is 0 Å². The number of hydrogen-bond acceptors (Lipinski definition) is 3. The molecule has 3 heteroatoms. The monoisotopic (exact) mass is 267 g/mol. The highest BCUT2D eigenvalue weighted by Gasteiger charge is 2.25. The lowest BCUT2D eigenvalue weighted by molar-refractivity contribution is 0.00749. The molecule has 0 saturated heterocycles. The summed E-state index contributed by atoms with van der Waals surface area (Å²) >= 11 is 1.91. The van der Waals surface area contributed by atoms with Crippen LogP contribution >= 0.6 is 11.3 Å². The molecule has 0 aliphatic heterocycles. The van der Waals surface area contributed by atoms with Crippen LogP contribution in [0.5, 0.6) is 0 Å².